The van der Waals surface area contributed by atoms with E-state index in [-0.39, 0.29) is 11.9 Å². The van der Waals surface area contributed by atoms with E-state index in [1.165, 1.54) is 0 Å². The fraction of sp³-hybridized carbons (Fsp3) is 0.571. The number of nitrogens with zero attached hydrogens (tertiary/aromatic N) is 3. The topological polar surface area (TPSA) is 93.2 Å². The highest BCUT2D eigenvalue weighted by Gasteiger charge is 2.17. The zero-order valence-corrected chi connectivity index (χ0v) is 12.8. The summed E-state index contributed by atoms with van der Waals surface area (Å²) in [6.07, 6.45) is 1.62. The number of hydrogen-bond donors (Lipinski definition) is 2. The standard InChI is InChI=1S/C14H24N4O3/c1-11(10-21-3)18(7-8-20-2)9-12-5-4-6-16-13(12)14(15)17-19/h4-6,11,19H,7-10H2,1-3H3,(H2,15,17). The van der Waals surface area contributed by atoms with Crippen LogP contribution in [-0.4, -0.2) is 60.9 Å². The molecule has 0 saturated heterocycles. The number of aromatic nitrogens is 1. The van der Waals surface area contributed by atoms with Crippen LogP contribution in [0.2, 0.25) is 0 Å². The highest BCUT2D eigenvalue weighted by atomic mass is 16.5. The van der Waals surface area contributed by atoms with E-state index in [4.69, 9.17) is 20.4 Å². The predicted molar refractivity (Wildman–Crippen MR) is 80.4 cm³/mol. The van der Waals surface area contributed by atoms with Gasteiger partial charge in [-0.1, -0.05) is 11.2 Å². The molecular formula is C14H24N4O3. The normalized spacial score (nSPS) is 13.6. The largest absolute Gasteiger partial charge is 0.409 e. The van der Waals surface area contributed by atoms with Gasteiger partial charge in [-0.3, -0.25) is 9.88 Å². The number of nitrogens with two attached hydrogens (primary N) is 1. The van der Waals surface area contributed by atoms with Crippen LogP contribution in [0.5, 0.6) is 0 Å². The summed E-state index contributed by atoms with van der Waals surface area (Å²) in [4.78, 5) is 6.39. The summed E-state index contributed by atoms with van der Waals surface area (Å²) in [5.74, 6) is 0.0108. The maximum atomic E-state index is 8.85. The molecule has 0 amide bonds. The lowest BCUT2D eigenvalue weighted by atomic mass is 10.1. The third-order valence-corrected chi connectivity index (χ3v) is 3.23. The van der Waals surface area contributed by atoms with Crippen molar-refractivity contribution in [1.82, 2.24) is 9.88 Å². The molecule has 3 N–H and O–H groups in total. The zero-order chi connectivity index (χ0) is 15.7. The van der Waals surface area contributed by atoms with E-state index in [0.29, 0.717) is 25.5 Å². The van der Waals surface area contributed by atoms with E-state index in [1.54, 1.807) is 20.4 Å². The van der Waals surface area contributed by atoms with E-state index in [0.717, 1.165) is 12.1 Å². The summed E-state index contributed by atoms with van der Waals surface area (Å²) in [5, 5.41) is 11.9. The van der Waals surface area contributed by atoms with Crippen LogP contribution in [0.1, 0.15) is 18.2 Å². The summed E-state index contributed by atoms with van der Waals surface area (Å²) in [6.45, 7) is 4.69. The lowest BCUT2D eigenvalue weighted by Crippen LogP contribution is -2.38. The highest BCUT2D eigenvalue weighted by Crippen LogP contribution is 2.12. The molecule has 7 heteroatoms. The summed E-state index contributed by atoms with van der Waals surface area (Å²) < 4.78 is 10.4. The molecule has 1 atom stereocenters. The molecule has 1 unspecified atom stereocenters. The second-order valence-corrected chi connectivity index (χ2v) is 4.76. The second kappa shape index (κ2) is 9.28. The van der Waals surface area contributed by atoms with Gasteiger partial charge in [-0.2, -0.15) is 0 Å². The van der Waals surface area contributed by atoms with E-state index < -0.39 is 0 Å². The molecule has 0 aliphatic heterocycles. The maximum Gasteiger partial charge on any atom is 0.189 e. The second-order valence-electron chi connectivity index (χ2n) is 4.76. The molecule has 0 bridgehead atoms. The number of hydrogen-bond acceptors (Lipinski definition) is 6. The molecule has 0 fully saturated rings. The van der Waals surface area contributed by atoms with E-state index in [1.807, 2.05) is 12.1 Å². The fourth-order valence-corrected chi connectivity index (χ4v) is 2.07. The average Bonchev–Trinajstić information content (AvgIpc) is 2.51. The van der Waals surface area contributed by atoms with Gasteiger partial charge in [0.05, 0.1) is 13.2 Å². The van der Waals surface area contributed by atoms with Gasteiger partial charge in [0.25, 0.3) is 0 Å². The van der Waals surface area contributed by atoms with Crippen molar-refractivity contribution in [1.29, 1.82) is 0 Å². The number of rotatable bonds is 9. The van der Waals surface area contributed by atoms with Crippen LogP contribution in [-0.2, 0) is 16.0 Å². The number of pyridine rings is 1. The Morgan fingerprint density at radius 3 is 2.86 bits per heavy atom. The van der Waals surface area contributed by atoms with Crippen LogP contribution >= 0.6 is 0 Å². The summed E-state index contributed by atoms with van der Waals surface area (Å²) in [6, 6.07) is 3.96. The molecule has 0 saturated carbocycles. The SMILES string of the molecule is COCCN(Cc1cccnc1C(N)=NO)C(C)COC. The van der Waals surface area contributed by atoms with Crippen LogP contribution in [0.25, 0.3) is 0 Å². The van der Waals surface area contributed by atoms with Crippen molar-refractivity contribution in [3.8, 4) is 0 Å². The van der Waals surface area contributed by atoms with Crippen LogP contribution < -0.4 is 5.73 Å². The first kappa shape index (κ1) is 17.4. The minimum Gasteiger partial charge on any atom is -0.409 e. The predicted octanol–water partition coefficient (Wildman–Crippen LogP) is 0.659. The Bertz CT molecular complexity index is 454. The molecule has 0 radical (unpaired) electrons. The molecule has 1 rings (SSSR count). The molecule has 118 valence electrons. The molecule has 0 aromatic carbocycles. The van der Waals surface area contributed by atoms with Gasteiger partial charge in [0.1, 0.15) is 5.69 Å². The van der Waals surface area contributed by atoms with Crippen LogP contribution in [0.4, 0.5) is 0 Å². The Balaban J connectivity index is 2.92. The zero-order valence-electron chi connectivity index (χ0n) is 12.8. The third kappa shape index (κ3) is 5.30. The maximum absolute atomic E-state index is 8.85. The number of methoxy groups -OCH3 is 2. The summed E-state index contributed by atoms with van der Waals surface area (Å²) >= 11 is 0. The smallest absolute Gasteiger partial charge is 0.189 e. The third-order valence-electron chi connectivity index (χ3n) is 3.23. The fourth-order valence-electron chi connectivity index (χ4n) is 2.07. The van der Waals surface area contributed by atoms with Gasteiger partial charge in [0.2, 0.25) is 0 Å². The summed E-state index contributed by atoms with van der Waals surface area (Å²) in [5.41, 5.74) is 7.06. The first-order valence-electron chi connectivity index (χ1n) is 6.77. The minimum atomic E-state index is 0.0108. The van der Waals surface area contributed by atoms with Crippen LogP contribution in [0, 0.1) is 0 Å². The van der Waals surface area contributed by atoms with Crippen molar-refractivity contribution in [3.05, 3.63) is 29.6 Å². The highest BCUT2D eigenvalue weighted by molar-refractivity contribution is 5.96. The Morgan fingerprint density at radius 2 is 2.24 bits per heavy atom. The Morgan fingerprint density at radius 1 is 1.48 bits per heavy atom. The molecule has 0 aliphatic carbocycles. The molecule has 21 heavy (non-hydrogen) atoms. The first-order valence-corrected chi connectivity index (χ1v) is 6.77. The lowest BCUT2D eigenvalue weighted by molar-refractivity contribution is 0.0704. The van der Waals surface area contributed by atoms with Crippen molar-refractivity contribution in [2.24, 2.45) is 10.9 Å². The number of ether oxygens (including phenoxy) is 2. The first-order chi connectivity index (χ1) is 10.1. The van der Waals surface area contributed by atoms with Crippen molar-refractivity contribution >= 4 is 5.84 Å². The van der Waals surface area contributed by atoms with E-state index in [9.17, 15) is 0 Å². The lowest BCUT2D eigenvalue weighted by Gasteiger charge is -2.28. The van der Waals surface area contributed by atoms with Crippen molar-refractivity contribution in [2.45, 2.75) is 19.5 Å². The molecular weight excluding hydrogens is 272 g/mol. The molecule has 7 nitrogen and oxygen atoms in total. The molecule has 1 aromatic heterocycles. The van der Waals surface area contributed by atoms with E-state index >= 15 is 0 Å². The Hall–Kier alpha value is -1.70. The Labute approximate surface area is 125 Å². The van der Waals surface area contributed by atoms with Crippen LogP contribution in [0.15, 0.2) is 23.5 Å². The number of amidine groups is 1. The molecule has 1 aromatic rings. The average molecular weight is 296 g/mol. The molecule has 0 spiro atoms. The van der Waals surface area contributed by atoms with Gasteiger partial charge in [-0.05, 0) is 18.6 Å². The van der Waals surface area contributed by atoms with Crippen LogP contribution in [0.3, 0.4) is 0 Å². The van der Waals surface area contributed by atoms with Crippen molar-refractivity contribution in [3.63, 3.8) is 0 Å². The Kier molecular flexibility index (Phi) is 7.66. The van der Waals surface area contributed by atoms with Gasteiger partial charge >= 0.3 is 0 Å². The van der Waals surface area contributed by atoms with E-state index in [2.05, 4.69) is 22.0 Å². The van der Waals surface area contributed by atoms with Crippen molar-refractivity contribution < 1.29 is 14.7 Å². The number of oxime groups is 1. The molecule has 0 aliphatic rings. The molecule has 1 heterocycles. The van der Waals surface area contributed by atoms with Gasteiger partial charge in [-0.15, -0.1) is 0 Å². The van der Waals surface area contributed by atoms with Gasteiger partial charge < -0.3 is 20.4 Å². The monoisotopic (exact) mass is 296 g/mol. The quantitative estimate of drug-likeness (QED) is 0.301. The van der Waals surface area contributed by atoms with Crippen molar-refractivity contribution in [2.75, 3.05) is 34.0 Å². The minimum absolute atomic E-state index is 0.0108. The summed E-state index contributed by atoms with van der Waals surface area (Å²) in [7, 11) is 3.35. The van der Waals surface area contributed by atoms with Gasteiger partial charge in [0.15, 0.2) is 5.84 Å². The van der Waals surface area contributed by atoms with Gasteiger partial charge in [-0.25, -0.2) is 0 Å². The van der Waals surface area contributed by atoms with Gasteiger partial charge in [0, 0.05) is 39.5 Å².